The predicted molar refractivity (Wildman–Crippen MR) is 114 cm³/mol. The lowest BCUT2D eigenvalue weighted by Gasteiger charge is -2.17. The quantitative estimate of drug-likeness (QED) is 0.514. The highest BCUT2D eigenvalue weighted by molar-refractivity contribution is 5.81. The fourth-order valence-electron chi connectivity index (χ4n) is 3.69. The zero-order valence-electron chi connectivity index (χ0n) is 16.7. The van der Waals surface area contributed by atoms with Gasteiger partial charge in [0.25, 0.3) is 0 Å². The van der Waals surface area contributed by atoms with Crippen molar-refractivity contribution in [3.05, 3.63) is 71.3 Å². The van der Waals surface area contributed by atoms with Crippen LogP contribution in [0.3, 0.4) is 0 Å². The highest BCUT2D eigenvalue weighted by Crippen LogP contribution is 2.39. The summed E-state index contributed by atoms with van der Waals surface area (Å²) in [5, 5.41) is 0. The van der Waals surface area contributed by atoms with Gasteiger partial charge in [-0.05, 0) is 54.5 Å². The SMILES string of the molecule is CCOCC(=O)CC=Cc1ccc(OCc2ccccc2)c(C2CCCC2)c1. The van der Waals surface area contributed by atoms with E-state index in [0.717, 1.165) is 11.3 Å². The Labute approximate surface area is 168 Å². The molecule has 0 unspecified atom stereocenters. The van der Waals surface area contributed by atoms with Gasteiger partial charge in [-0.1, -0.05) is 61.4 Å². The average molecular weight is 379 g/mol. The van der Waals surface area contributed by atoms with Crippen molar-refractivity contribution in [3.8, 4) is 5.75 Å². The summed E-state index contributed by atoms with van der Waals surface area (Å²) >= 11 is 0. The smallest absolute Gasteiger partial charge is 0.162 e. The normalized spacial score (nSPS) is 14.6. The van der Waals surface area contributed by atoms with Crippen molar-refractivity contribution in [2.75, 3.05) is 13.2 Å². The number of carbonyl (C=O) groups excluding carboxylic acids is 1. The summed E-state index contributed by atoms with van der Waals surface area (Å²) in [7, 11) is 0. The minimum Gasteiger partial charge on any atom is -0.489 e. The fourth-order valence-corrected chi connectivity index (χ4v) is 3.69. The maximum atomic E-state index is 11.7. The van der Waals surface area contributed by atoms with E-state index >= 15 is 0 Å². The zero-order valence-corrected chi connectivity index (χ0v) is 16.7. The van der Waals surface area contributed by atoms with E-state index in [1.165, 1.54) is 36.8 Å². The van der Waals surface area contributed by atoms with Crippen molar-refractivity contribution >= 4 is 11.9 Å². The second kappa shape index (κ2) is 10.8. The molecule has 0 aromatic heterocycles. The molecule has 1 aliphatic carbocycles. The van der Waals surface area contributed by atoms with Crippen molar-refractivity contribution < 1.29 is 14.3 Å². The molecule has 0 bridgehead atoms. The maximum absolute atomic E-state index is 11.7. The van der Waals surface area contributed by atoms with Crippen molar-refractivity contribution in [2.24, 2.45) is 0 Å². The number of ether oxygens (including phenoxy) is 2. The van der Waals surface area contributed by atoms with Crippen molar-refractivity contribution in [2.45, 2.75) is 51.6 Å². The minimum absolute atomic E-state index is 0.108. The number of benzene rings is 2. The molecule has 148 valence electrons. The van der Waals surface area contributed by atoms with E-state index in [2.05, 4.69) is 30.3 Å². The van der Waals surface area contributed by atoms with Crippen LogP contribution in [0.25, 0.3) is 6.08 Å². The highest BCUT2D eigenvalue weighted by atomic mass is 16.5. The van der Waals surface area contributed by atoms with Crippen LogP contribution >= 0.6 is 0 Å². The minimum atomic E-state index is 0.108. The lowest BCUT2D eigenvalue weighted by molar-refractivity contribution is -0.122. The van der Waals surface area contributed by atoms with E-state index in [-0.39, 0.29) is 12.4 Å². The highest BCUT2D eigenvalue weighted by Gasteiger charge is 2.21. The average Bonchev–Trinajstić information content (AvgIpc) is 3.26. The Balaban J connectivity index is 1.69. The molecule has 1 saturated carbocycles. The molecule has 0 aliphatic heterocycles. The molecule has 0 spiro atoms. The number of carbonyl (C=O) groups is 1. The van der Waals surface area contributed by atoms with E-state index in [0.29, 0.717) is 25.6 Å². The first kappa shape index (κ1) is 20.3. The van der Waals surface area contributed by atoms with E-state index < -0.39 is 0 Å². The van der Waals surface area contributed by atoms with E-state index in [9.17, 15) is 4.79 Å². The number of rotatable bonds is 10. The monoisotopic (exact) mass is 378 g/mol. The van der Waals surface area contributed by atoms with Gasteiger partial charge in [0.15, 0.2) is 5.78 Å². The Hall–Kier alpha value is -2.39. The van der Waals surface area contributed by atoms with Crippen LogP contribution in [0, 0.1) is 0 Å². The van der Waals surface area contributed by atoms with Crippen LogP contribution in [0.15, 0.2) is 54.6 Å². The molecule has 0 atom stereocenters. The number of hydrogen-bond acceptors (Lipinski definition) is 3. The topological polar surface area (TPSA) is 35.5 Å². The van der Waals surface area contributed by atoms with Gasteiger partial charge in [0, 0.05) is 13.0 Å². The van der Waals surface area contributed by atoms with Gasteiger partial charge >= 0.3 is 0 Å². The summed E-state index contributed by atoms with van der Waals surface area (Å²) in [6.07, 6.45) is 9.39. The van der Waals surface area contributed by atoms with Gasteiger partial charge in [-0.15, -0.1) is 0 Å². The lowest BCUT2D eigenvalue weighted by Crippen LogP contribution is -2.06. The summed E-state index contributed by atoms with van der Waals surface area (Å²) in [6.45, 7) is 3.25. The molecule has 28 heavy (non-hydrogen) atoms. The number of Topliss-reactive ketones (excluding diaryl/α,β-unsaturated/α-hetero) is 1. The largest absolute Gasteiger partial charge is 0.489 e. The van der Waals surface area contributed by atoms with Gasteiger partial charge in [-0.2, -0.15) is 0 Å². The lowest BCUT2D eigenvalue weighted by atomic mass is 9.94. The molecule has 1 fully saturated rings. The molecule has 1 aliphatic rings. The van der Waals surface area contributed by atoms with Crippen LogP contribution in [0.5, 0.6) is 5.75 Å². The Morgan fingerprint density at radius 1 is 1.11 bits per heavy atom. The maximum Gasteiger partial charge on any atom is 0.162 e. The summed E-state index contributed by atoms with van der Waals surface area (Å²) < 4.78 is 11.3. The van der Waals surface area contributed by atoms with E-state index in [4.69, 9.17) is 9.47 Å². The molecule has 3 nitrogen and oxygen atoms in total. The Morgan fingerprint density at radius 3 is 2.64 bits per heavy atom. The van der Waals surface area contributed by atoms with Crippen LogP contribution < -0.4 is 4.74 Å². The Morgan fingerprint density at radius 2 is 1.89 bits per heavy atom. The third-order valence-corrected chi connectivity index (χ3v) is 5.19. The third-order valence-electron chi connectivity index (χ3n) is 5.19. The molecule has 0 heterocycles. The molecule has 2 aromatic rings. The molecular weight excluding hydrogens is 348 g/mol. The second-order valence-electron chi connectivity index (χ2n) is 7.34. The Kier molecular flexibility index (Phi) is 7.86. The molecule has 0 N–H and O–H groups in total. The summed E-state index contributed by atoms with van der Waals surface area (Å²) in [5.41, 5.74) is 3.60. The van der Waals surface area contributed by atoms with E-state index in [1.54, 1.807) is 0 Å². The van der Waals surface area contributed by atoms with Crippen LogP contribution in [0.1, 0.15) is 61.6 Å². The molecular formula is C25H30O3. The van der Waals surface area contributed by atoms with Gasteiger partial charge < -0.3 is 9.47 Å². The standard InChI is InChI=1S/C25H30O3/c1-2-27-19-23(26)14-8-11-20-15-16-25(24(17-20)22-12-6-7-13-22)28-18-21-9-4-3-5-10-21/h3-5,8-11,15-17,22H,2,6-7,12-14,18-19H2,1H3. The van der Waals surface area contributed by atoms with Crippen LogP contribution in [0.2, 0.25) is 0 Å². The van der Waals surface area contributed by atoms with Crippen LogP contribution in [-0.2, 0) is 16.1 Å². The van der Waals surface area contributed by atoms with Gasteiger partial charge in [0.1, 0.15) is 19.0 Å². The summed E-state index contributed by atoms with van der Waals surface area (Å²) in [4.78, 5) is 11.7. The molecule has 2 aromatic carbocycles. The van der Waals surface area contributed by atoms with Crippen molar-refractivity contribution in [1.82, 2.24) is 0 Å². The summed E-state index contributed by atoms with van der Waals surface area (Å²) in [6, 6.07) is 16.7. The fraction of sp³-hybridized carbons (Fsp3) is 0.400. The van der Waals surface area contributed by atoms with Crippen LogP contribution in [-0.4, -0.2) is 19.0 Å². The third kappa shape index (κ3) is 6.07. The van der Waals surface area contributed by atoms with Gasteiger partial charge in [-0.3, -0.25) is 4.79 Å². The Bertz CT molecular complexity index is 774. The molecule has 3 heteroatoms. The van der Waals surface area contributed by atoms with Crippen molar-refractivity contribution in [3.63, 3.8) is 0 Å². The number of ketones is 1. The number of hydrogen-bond donors (Lipinski definition) is 0. The summed E-state index contributed by atoms with van der Waals surface area (Å²) in [5.74, 6) is 1.66. The van der Waals surface area contributed by atoms with Gasteiger partial charge in [0.2, 0.25) is 0 Å². The molecule has 0 radical (unpaired) electrons. The second-order valence-corrected chi connectivity index (χ2v) is 7.34. The van der Waals surface area contributed by atoms with Crippen LogP contribution in [0.4, 0.5) is 0 Å². The molecule has 0 amide bonds. The molecule has 3 rings (SSSR count). The first-order valence-electron chi connectivity index (χ1n) is 10.3. The van der Waals surface area contributed by atoms with Crippen molar-refractivity contribution in [1.29, 1.82) is 0 Å². The predicted octanol–water partition coefficient (Wildman–Crippen LogP) is 5.93. The first-order valence-corrected chi connectivity index (χ1v) is 10.3. The first-order chi connectivity index (χ1) is 13.8. The number of allylic oxidation sites excluding steroid dienone is 1. The molecule has 0 saturated heterocycles. The zero-order chi connectivity index (χ0) is 19.6. The van der Waals surface area contributed by atoms with Gasteiger partial charge in [0.05, 0.1) is 0 Å². The van der Waals surface area contributed by atoms with Gasteiger partial charge in [-0.25, -0.2) is 0 Å². The van der Waals surface area contributed by atoms with E-state index in [1.807, 2.05) is 37.3 Å².